The summed E-state index contributed by atoms with van der Waals surface area (Å²) in [6.45, 7) is 5.13. The molecule has 0 aliphatic heterocycles. The minimum absolute atomic E-state index is 0.332. The molecule has 0 radical (unpaired) electrons. The first-order valence-corrected chi connectivity index (χ1v) is 7.70. The molecule has 0 aliphatic carbocycles. The maximum Gasteiger partial charge on any atom is 0.293 e. The van der Waals surface area contributed by atoms with E-state index in [0.29, 0.717) is 28.6 Å². The molecule has 0 unspecified atom stereocenters. The lowest BCUT2D eigenvalue weighted by Crippen LogP contribution is -2.11. The second-order valence-corrected chi connectivity index (χ2v) is 5.76. The zero-order valence-corrected chi connectivity index (χ0v) is 13.7. The van der Waals surface area contributed by atoms with Gasteiger partial charge in [-0.25, -0.2) is 4.98 Å². The molecule has 0 fully saturated rings. The summed E-state index contributed by atoms with van der Waals surface area (Å²) < 4.78 is 0. The van der Waals surface area contributed by atoms with Crippen molar-refractivity contribution in [2.24, 2.45) is 5.92 Å². The Morgan fingerprint density at radius 1 is 1.46 bits per heavy atom. The topological polar surface area (TPSA) is 115 Å². The van der Waals surface area contributed by atoms with Crippen molar-refractivity contribution in [3.63, 3.8) is 0 Å². The van der Waals surface area contributed by atoms with Gasteiger partial charge in [0, 0.05) is 36.3 Å². The van der Waals surface area contributed by atoms with E-state index in [0.717, 1.165) is 19.2 Å². The van der Waals surface area contributed by atoms with Crippen LogP contribution in [0.15, 0.2) is 35.5 Å². The van der Waals surface area contributed by atoms with E-state index in [2.05, 4.69) is 34.1 Å². The van der Waals surface area contributed by atoms with Gasteiger partial charge in [-0.05, 0) is 24.5 Å². The molecule has 126 valence electrons. The Morgan fingerprint density at radius 2 is 2.25 bits per heavy atom. The van der Waals surface area contributed by atoms with Crippen LogP contribution in [-0.4, -0.2) is 32.8 Å². The number of nitrogens with zero attached hydrogens (tertiary/aromatic N) is 2. The molecule has 0 aliphatic rings. The van der Waals surface area contributed by atoms with E-state index >= 15 is 0 Å². The fourth-order valence-corrected chi connectivity index (χ4v) is 2.01. The third-order valence-corrected chi connectivity index (χ3v) is 3.39. The molecule has 2 aromatic rings. The van der Waals surface area contributed by atoms with Gasteiger partial charge in [0.1, 0.15) is 5.82 Å². The number of H-pyrrole nitrogens is 1. The fourth-order valence-electron chi connectivity index (χ4n) is 2.01. The molecule has 0 bridgehead atoms. The highest BCUT2D eigenvalue weighted by atomic mass is 16.3. The molecular weight excluding hydrogens is 306 g/mol. The average molecular weight is 327 g/mol. The predicted octanol–water partition coefficient (Wildman–Crippen LogP) is 2.16. The number of aromatic amines is 1. The number of rotatable bonds is 7. The van der Waals surface area contributed by atoms with Crippen LogP contribution in [-0.2, 0) is 0 Å². The number of aromatic hydroxyl groups is 1. The van der Waals surface area contributed by atoms with Crippen LogP contribution in [0.3, 0.4) is 0 Å². The smallest absolute Gasteiger partial charge is 0.293 e. The molecule has 7 heteroatoms. The summed E-state index contributed by atoms with van der Waals surface area (Å²) in [5.41, 5.74) is 1.26. The summed E-state index contributed by atoms with van der Waals surface area (Å²) in [6.07, 6.45) is 6.71. The molecule has 0 amide bonds. The lowest BCUT2D eigenvalue weighted by atomic mass is 10.1. The van der Waals surface area contributed by atoms with Crippen molar-refractivity contribution in [3.05, 3.63) is 46.8 Å². The lowest BCUT2D eigenvalue weighted by molar-refractivity contribution is 0.463. The Hall–Kier alpha value is -2.96. The third kappa shape index (κ3) is 4.52. The van der Waals surface area contributed by atoms with Crippen LogP contribution >= 0.6 is 0 Å². The average Bonchev–Trinajstić information content (AvgIpc) is 2.57. The van der Waals surface area contributed by atoms with Gasteiger partial charge in [-0.3, -0.25) is 9.78 Å². The molecule has 0 saturated carbocycles. The van der Waals surface area contributed by atoms with Gasteiger partial charge in [-0.15, -0.1) is 0 Å². The number of hydrogen-bond acceptors (Lipinski definition) is 6. The van der Waals surface area contributed by atoms with Gasteiger partial charge in [0.05, 0.1) is 11.9 Å². The van der Waals surface area contributed by atoms with Gasteiger partial charge in [0.15, 0.2) is 5.75 Å². The first kappa shape index (κ1) is 17.4. The SMILES string of the molecule is CC(C)CCN/C=C(\C=N)c1cc(-c2ncc(O)c(=O)[nH]2)ccn1. The van der Waals surface area contributed by atoms with Crippen molar-refractivity contribution in [2.75, 3.05) is 6.54 Å². The van der Waals surface area contributed by atoms with Crippen molar-refractivity contribution in [3.8, 4) is 17.1 Å². The number of nitrogens with one attached hydrogen (secondary N) is 3. The molecule has 2 heterocycles. The third-order valence-electron chi connectivity index (χ3n) is 3.39. The van der Waals surface area contributed by atoms with Crippen molar-refractivity contribution < 1.29 is 5.11 Å². The summed E-state index contributed by atoms with van der Waals surface area (Å²) in [4.78, 5) is 22.3. The number of allylic oxidation sites excluding steroid dienone is 1. The monoisotopic (exact) mass is 327 g/mol. The maximum atomic E-state index is 11.5. The number of hydrogen-bond donors (Lipinski definition) is 4. The summed E-state index contributed by atoms with van der Waals surface area (Å²) in [6, 6.07) is 3.43. The number of aromatic nitrogens is 3. The highest BCUT2D eigenvalue weighted by Crippen LogP contribution is 2.18. The molecule has 0 atom stereocenters. The van der Waals surface area contributed by atoms with Gasteiger partial charge in [-0.2, -0.15) is 0 Å². The van der Waals surface area contributed by atoms with Crippen molar-refractivity contribution >= 4 is 11.8 Å². The zero-order valence-electron chi connectivity index (χ0n) is 13.7. The van der Waals surface area contributed by atoms with Gasteiger partial charge in [0.25, 0.3) is 5.56 Å². The van der Waals surface area contributed by atoms with Crippen LogP contribution in [0.1, 0.15) is 26.0 Å². The van der Waals surface area contributed by atoms with Crippen molar-refractivity contribution in [2.45, 2.75) is 20.3 Å². The molecule has 0 aromatic carbocycles. The minimum atomic E-state index is -0.600. The summed E-state index contributed by atoms with van der Waals surface area (Å²) in [7, 11) is 0. The van der Waals surface area contributed by atoms with Crippen LogP contribution in [0.25, 0.3) is 17.0 Å². The first-order valence-electron chi connectivity index (χ1n) is 7.70. The molecule has 4 N–H and O–H groups in total. The molecule has 2 aromatic heterocycles. The summed E-state index contributed by atoms with van der Waals surface area (Å²) >= 11 is 0. The Kier molecular flexibility index (Phi) is 5.83. The Bertz CT molecular complexity index is 796. The number of pyridine rings is 1. The van der Waals surface area contributed by atoms with E-state index in [4.69, 9.17) is 5.41 Å². The van der Waals surface area contributed by atoms with E-state index in [1.54, 1.807) is 24.5 Å². The minimum Gasteiger partial charge on any atom is -0.502 e. The Morgan fingerprint density at radius 3 is 2.92 bits per heavy atom. The second-order valence-electron chi connectivity index (χ2n) is 5.76. The van der Waals surface area contributed by atoms with Crippen LogP contribution in [0.2, 0.25) is 0 Å². The van der Waals surface area contributed by atoms with E-state index in [-0.39, 0.29) is 0 Å². The molecular formula is C17H21N5O2. The van der Waals surface area contributed by atoms with Gasteiger partial charge >= 0.3 is 0 Å². The lowest BCUT2D eigenvalue weighted by Gasteiger charge is -2.07. The standard InChI is InChI=1S/C17H21N5O2/c1-11(2)3-5-19-9-13(8-18)14-7-12(4-6-20-14)16-21-10-15(23)17(24)22-16/h4,6-11,18-19,23H,3,5H2,1-2H3,(H,21,22,24)/b13-9+,18-8?. The van der Waals surface area contributed by atoms with E-state index in [9.17, 15) is 9.90 Å². The van der Waals surface area contributed by atoms with Crippen LogP contribution < -0.4 is 10.9 Å². The largest absolute Gasteiger partial charge is 0.502 e. The van der Waals surface area contributed by atoms with Gasteiger partial charge < -0.3 is 20.8 Å². The summed E-state index contributed by atoms with van der Waals surface area (Å²) in [5, 5.41) is 20.0. The highest BCUT2D eigenvalue weighted by Gasteiger charge is 2.07. The predicted molar refractivity (Wildman–Crippen MR) is 94.0 cm³/mol. The van der Waals surface area contributed by atoms with Crippen molar-refractivity contribution in [1.82, 2.24) is 20.3 Å². The van der Waals surface area contributed by atoms with E-state index in [1.165, 1.54) is 6.21 Å². The molecule has 24 heavy (non-hydrogen) atoms. The van der Waals surface area contributed by atoms with Crippen LogP contribution in [0, 0.1) is 11.3 Å². The first-order chi connectivity index (χ1) is 11.5. The zero-order chi connectivity index (χ0) is 17.5. The van der Waals surface area contributed by atoms with Crippen LogP contribution in [0.4, 0.5) is 0 Å². The van der Waals surface area contributed by atoms with Crippen molar-refractivity contribution in [1.29, 1.82) is 5.41 Å². The van der Waals surface area contributed by atoms with Gasteiger partial charge in [0.2, 0.25) is 0 Å². The molecule has 7 nitrogen and oxygen atoms in total. The van der Waals surface area contributed by atoms with Crippen LogP contribution in [0.5, 0.6) is 5.75 Å². The molecule has 2 rings (SSSR count). The molecule has 0 spiro atoms. The maximum absolute atomic E-state index is 11.5. The Balaban J connectivity index is 2.24. The van der Waals surface area contributed by atoms with Gasteiger partial charge in [-0.1, -0.05) is 13.8 Å². The van der Waals surface area contributed by atoms with E-state index < -0.39 is 11.3 Å². The quantitative estimate of drug-likeness (QED) is 0.459. The summed E-state index contributed by atoms with van der Waals surface area (Å²) in [5.74, 6) is 0.509. The Labute approximate surface area is 140 Å². The second kappa shape index (κ2) is 8.05. The molecule has 0 saturated heterocycles. The van der Waals surface area contributed by atoms with E-state index in [1.807, 2.05) is 0 Å². The normalized spacial score (nSPS) is 11.5. The highest BCUT2D eigenvalue weighted by molar-refractivity contribution is 6.07. The fraction of sp³-hybridized carbons (Fsp3) is 0.294.